The number of Topliss-reactive ketones (excluding diaryl/α,β-unsaturated/α-hetero) is 1. The fourth-order valence-electron chi connectivity index (χ4n) is 7.49. The van der Waals surface area contributed by atoms with Gasteiger partial charge in [-0.25, -0.2) is 4.57 Å². The zero-order valence-electron chi connectivity index (χ0n) is 39.1. The predicted octanol–water partition coefficient (Wildman–Crippen LogP) is 10.5. The highest BCUT2D eigenvalue weighted by Gasteiger charge is 2.39. The second-order valence-electron chi connectivity index (χ2n) is 18.3. The summed E-state index contributed by atoms with van der Waals surface area (Å²) in [5, 5.41) is 20.8. The molecule has 0 heterocycles. The number of allylic oxidation sites excluding steroid dienone is 2. The summed E-state index contributed by atoms with van der Waals surface area (Å²) in [4.78, 5) is 48.3. The van der Waals surface area contributed by atoms with Gasteiger partial charge in [0.15, 0.2) is 6.10 Å². The molecule has 0 aromatic carbocycles. The molecule has 1 unspecified atom stereocenters. The molecule has 0 aromatic heterocycles. The smallest absolute Gasteiger partial charge is 0.462 e. The Bertz CT molecular complexity index is 1250. The van der Waals surface area contributed by atoms with E-state index in [0.29, 0.717) is 43.1 Å². The van der Waals surface area contributed by atoms with Crippen molar-refractivity contribution in [3.8, 4) is 0 Å². The van der Waals surface area contributed by atoms with Gasteiger partial charge >= 0.3 is 19.8 Å². The first-order valence-electron chi connectivity index (χ1n) is 24.2. The Kier molecular flexibility index (Phi) is 33.2. The van der Waals surface area contributed by atoms with Crippen LogP contribution in [0.4, 0.5) is 0 Å². The lowest BCUT2D eigenvalue weighted by Gasteiger charge is -2.24. The molecule has 61 heavy (non-hydrogen) atoms. The number of nitrogens with zero attached hydrogens (tertiary/aromatic N) is 1. The fourth-order valence-corrected chi connectivity index (χ4v) is 8.23. The molecule has 1 rings (SSSR count). The van der Waals surface area contributed by atoms with Crippen molar-refractivity contribution >= 4 is 25.5 Å². The minimum Gasteiger partial charge on any atom is -0.462 e. The molecule has 0 aromatic rings. The number of aliphatic hydroxyl groups is 2. The number of ketones is 1. The molecule has 6 atom stereocenters. The average molecular weight is 887 g/mol. The van der Waals surface area contributed by atoms with Crippen LogP contribution in [0.3, 0.4) is 0 Å². The topological polar surface area (TPSA) is 166 Å². The summed E-state index contributed by atoms with van der Waals surface area (Å²) in [6.07, 6.45) is 31.2. The molecule has 1 fully saturated rings. The van der Waals surface area contributed by atoms with Crippen LogP contribution >= 0.6 is 7.82 Å². The second-order valence-corrected chi connectivity index (χ2v) is 19.7. The molecule has 0 spiro atoms. The Morgan fingerprint density at radius 3 is 1.90 bits per heavy atom. The zero-order chi connectivity index (χ0) is 45.2. The van der Waals surface area contributed by atoms with Crippen LogP contribution < -0.4 is 0 Å². The van der Waals surface area contributed by atoms with Crippen LogP contribution in [-0.4, -0.2) is 103 Å². The van der Waals surface area contributed by atoms with Crippen molar-refractivity contribution in [3.63, 3.8) is 0 Å². The Morgan fingerprint density at radius 2 is 1.30 bits per heavy atom. The summed E-state index contributed by atoms with van der Waals surface area (Å²) in [7, 11) is 1.33. The lowest BCUT2D eigenvalue weighted by Crippen LogP contribution is -2.37. The van der Waals surface area contributed by atoms with Gasteiger partial charge in [-0.15, -0.1) is 0 Å². The van der Waals surface area contributed by atoms with Crippen molar-refractivity contribution in [3.05, 3.63) is 24.3 Å². The molecule has 0 aliphatic heterocycles. The van der Waals surface area contributed by atoms with Crippen LogP contribution in [0.25, 0.3) is 0 Å². The summed E-state index contributed by atoms with van der Waals surface area (Å²) in [5.41, 5.74) is 0. The molecular weight excluding hydrogens is 797 g/mol. The minimum absolute atomic E-state index is 0.0114. The number of phosphoric acid groups is 1. The van der Waals surface area contributed by atoms with E-state index < -0.39 is 44.7 Å². The number of ether oxygens (including phenoxy) is 2. The first-order valence-corrected chi connectivity index (χ1v) is 25.7. The molecule has 356 valence electrons. The van der Waals surface area contributed by atoms with Gasteiger partial charge < -0.3 is 29.1 Å². The molecular formula is C48H89NO11P+. The highest BCUT2D eigenvalue weighted by molar-refractivity contribution is 7.47. The molecule has 1 aliphatic carbocycles. The molecule has 0 bridgehead atoms. The Morgan fingerprint density at radius 1 is 0.754 bits per heavy atom. The first-order chi connectivity index (χ1) is 29.2. The van der Waals surface area contributed by atoms with Crippen LogP contribution in [0.5, 0.6) is 0 Å². The van der Waals surface area contributed by atoms with Gasteiger partial charge in [-0.05, 0) is 51.4 Å². The molecule has 12 nitrogen and oxygen atoms in total. The number of carbonyl (C=O) groups excluding carboxylic acids is 3. The van der Waals surface area contributed by atoms with Crippen molar-refractivity contribution in [2.24, 2.45) is 11.8 Å². The fraction of sp³-hybridized carbons (Fsp3) is 0.854. The van der Waals surface area contributed by atoms with Gasteiger partial charge in [0.25, 0.3) is 0 Å². The van der Waals surface area contributed by atoms with Crippen molar-refractivity contribution in [1.29, 1.82) is 0 Å². The molecule has 0 saturated heterocycles. The minimum atomic E-state index is -4.44. The van der Waals surface area contributed by atoms with Crippen LogP contribution in [0.15, 0.2) is 24.3 Å². The number of carbonyl (C=O) groups is 3. The van der Waals surface area contributed by atoms with E-state index in [1.807, 2.05) is 27.2 Å². The maximum Gasteiger partial charge on any atom is 0.472 e. The summed E-state index contributed by atoms with van der Waals surface area (Å²) in [5.74, 6) is -1.50. The second kappa shape index (κ2) is 35.4. The van der Waals surface area contributed by atoms with Gasteiger partial charge in [0.1, 0.15) is 25.5 Å². The summed E-state index contributed by atoms with van der Waals surface area (Å²) < 4.78 is 34.3. The third-order valence-corrected chi connectivity index (χ3v) is 12.3. The number of rotatable bonds is 40. The van der Waals surface area contributed by atoms with Gasteiger partial charge in [0.05, 0.1) is 40.0 Å². The normalized spacial score (nSPS) is 19.1. The Labute approximate surface area is 370 Å². The third kappa shape index (κ3) is 32.4. The Hall–Kier alpha value is -1.92. The number of esters is 2. The van der Waals surface area contributed by atoms with E-state index in [2.05, 4.69) is 26.0 Å². The third-order valence-electron chi connectivity index (χ3n) is 11.3. The van der Waals surface area contributed by atoms with Crippen molar-refractivity contribution in [2.45, 2.75) is 206 Å². The largest absolute Gasteiger partial charge is 0.472 e. The van der Waals surface area contributed by atoms with Gasteiger partial charge in [-0.2, -0.15) is 0 Å². The standard InChI is InChI=1S/C48H88NO11P/c1-6-8-10-11-12-13-14-15-16-17-18-19-20-21-22-23-28-32-47(53)57-39-42(40-59-61(55,56)58-37-36-49(3,4)5)60-48(54)33-29-25-24-27-31-43-44(46(52)38-45(43)51)35-34-41(50)30-26-9-7-2/h15-16,34-35,41-44,46,50,52H,6-14,17-33,36-40H2,1-5H3/p+1/b16-15-,35-34+/t41-,42+,43+,44+,46+/m0/s1. The number of hydrogen-bond donors (Lipinski definition) is 3. The first kappa shape index (κ1) is 57.1. The molecule has 1 saturated carbocycles. The van der Waals surface area contributed by atoms with E-state index in [0.717, 1.165) is 57.8 Å². The van der Waals surface area contributed by atoms with Gasteiger partial charge in [0.2, 0.25) is 0 Å². The van der Waals surface area contributed by atoms with E-state index in [9.17, 15) is 34.1 Å². The molecule has 1 aliphatic rings. The van der Waals surface area contributed by atoms with Crippen LogP contribution in [0.1, 0.15) is 187 Å². The average Bonchev–Trinajstić information content (AvgIpc) is 3.47. The van der Waals surface area contributed by atoms with E-state index in [-0.39, 0.29) is 50.1 Å². The SMILES string of the molecule is CCCCCCCC/C=C\CCCCCCCCCC(=O)OC[C@H](COP(=O)(O)OCC[N+](C)(C)C)OC(=O)CCCCCC[C@H]1C(=O)C[C@@H](O)[C@@H]1/C=C/[C@@H](O)CCCCC. The summed E-state index contributed by atoms with van der Waals surface area (Å²) >= 11 is 0. The van der Waals surface area contributed by atoms with Gasteiger partial charge in [-0.1, -0.05) is 141 Å². The number of unbranched alkanes of at least 4 members (excludes halogenated alkanes) is 18. The number of likely N-dealkylation sites (N-methyl/N-ethyl adjacent to an activating group) is 1. The van der Waals surface area contributed by atoms with Gasteiger partial charge in [0, 0.05) is 31.1 Å². The maximum absolute atomic E-state index is 12.8. The lowest BCUT2D eigenvalue weighted by molar-refractivity contribution is -0.870. The number of quaternary nitrogens is 1. The zero-order valence-corrected chi connectivity index (χ0v) is 40.0. The highest BCUT2D eigenvalue weighted by Crippen LogP contribution is 2.43. The van der Waals surface area contributed by atoms with Crippen LogP contribution in [-0.2, 0) is 37.5 Å². The molecule has 3 N–H and O–H groups in total. The van der Waals surface area contributed by atoms with E-state index in [4.69, 9.17) is 18.5 Å². The summed E-state index contributed by atoms with van der Waals surface area (Å²) in [6.45, 7) is 4.05. The van der Waals surface area contributed by atoms with E-state index in [1.165, 1.54) is 64.2 Å². The molecule has 13 heteroatoms. The Balaban J connectivity index is 2.43. The predicted molar refractivity (Wildman–Crippen MR) is 244 cm³/mol. The van der Waals surface area contributed by atoms with Gasteiger partial charge in [-0.3, -0.25) is 23.4 Å². The number of hydrogen-bond acceptors (Lipinski definition) is 10. The highest BCUT2D eigenvalue weighted by atomic mass is 31.2. The maximum atomic E-state index is 12.8. The molecule has 0 amide bonds. The quantitative estimate of drug-likeness (QED) is 0.0176. The lowest BCUT2D eigenvalue weighted by atomic mass is 9.88. The monoisotopic (exact) mass is 887 g/mol. The van der Waals surface area contributed by atoms with E-state index in [1.54, 1.807) is 6.08 Å². The van der Waals surface area contributed by atoms with Crippen LogP contribution in [0.2, 0.25) is 0 Å². The van der Waals surface area contributed by atoms with E-state index >= 15 is 0 Å². The van der Waals surface area contributed by atoms with Crippen molar-refractivity contribution < 1.29 is 57.1 Å². The van der Waals surface area contributed by atoms with Crippen molar-refractivity contribution in [2.75, 3.05) is 47.5 Å². The number of phosphoric ester groups is 1. The van der Waals surface area contributed by atoms with Crippen molar-refractivity contribution in [1.82, 2.24) is 0 Å². The molecule has 0 radical (unpaired) electrons. The summed E-state index contributed by atoms with van der Waals surface area (Å²) in [6, 6.07) is 0. The van der Waals surface area contributed by atoms with Crippen LogP contribution in [0, 0.1) is 11.8 Å². The number of aliphatic hydroxyl groups excluding tert-OH is 2.